The molecule has 0 radical (unpaired) electrons. The van der Waals surface area contributed by atoms with Crippen molar-refractivity contribution in [3.05, 3.63) is 69.8 Å². The summed E-state index contributed by atoms with van der Waals surface area (Å²) in [6, 6.07) is 11.7. The Morgan fingerprint density at radius 1 is 0.962 bits per heavy atom. The standard InChI is InChI=1S/C17H8Cl3FN4S/c18-9-4-6-10(7-5-9)26-16-14(13-11(19)2-1-3-12(13)21)15(20)24-17-22-8-23-25(16)17/h1-8H. The van der Waals surface area contributed by atoms with Gasteiger partial charge in [-0.1, -0.05) is 52.6 Å². The molecule has 0 N–H and O–H groups in total. The minimum atomic E-state index is -0.501. The molecule has 2 heterocycles. The summed E-state index contributed by atoms with van der Waals surface area (Å²) in [7, 11) is 0. The van der Waals surface area contributed by atoms with Gasteiger partial charge in [0.25, 0.3) is 5.78 Å². The number of hydrogen-bond donors (Lipinski definition) is 0. The second-order valence-electron chi connectivity index (χ2n) is 5.21. The Hall–Kier alpha value is -1.86. The van der Waals surface area contributed by atoms with Gasteiger partial charge >= 0.3 is 0 Å². The van der Waals surface area contributed by atoms with Crippen LogP contribution < -0.4 is 0 Å². The summed E-state index contributed by atoms with van der Waals surface area (Å²) >= 11 is 19.9. The average Bonchev–Trinajstić information content (AvgIpc) is 3.07. The molecule has 2 aromatic carbocycles. The zero-order valence-corrected chi connectivity index (χ0v) is 15.9. The highest BCUT2D eigenvalue weighted by molar-refractivity contribution is 7.99. The highest BCUT2D eigenvalue weighted by Crippen LogP contribution is 2.43. The molecule has 4 aromatic rings. The Morgan fingerprint density at radius 3 is 2.46 bits per heavy atom. The number of aromatic nitrogens is 4. The van der Waals surface area contributed by atoms with Crippen LogP contribution in [0.4, 0.5) is 4.39 Å². The summed E-state index contributed by atoms with van der Waals surface area (Å²) < 4.78 is 16.1. The topological polar surface area (TPSA) is 43.1 Å². The molecule has 4 nitrogen and oxygen atoms in total. The predicted octanol–water partition coefficient (Wildman–Crippen LogP) is 6.04. The Morgan fingerprint density at radius 2 is 1.73 bits per heavy atom. The third kappa shape index (κ3) is 3.14. The van der Waals surface area contributed by atoms with Gasteiger partial charge in [0.1, 0.15) is 22.3 Å². The number of benzene rings is 2. The molecule has 0 atom stereocenters. The minimum Gasteiger partial charge on any atom is -0.206 e. The Bertz CT molecular complexity index is 1090. The van der Waals surface area contributed by atoms with E-state index in [2.05, 4.69) is 15.1 Å². The van der Waals surface area contributed by atoms with E-state index < -0.39 is 5.82 Å². The lowest BCUT2D eigenvalue weighted by Gasteiger charge is -2.14. The first-order valence-corrected chi connectivity index (χ1v) is 9.26. The van der Waals surface area contributed by atoms with Crippen molar-refractivity contribution < 1.29 is 4.39 Å². The van der Waals surface area contributed by atoms with E-state index in [1.54, 1.807) is 18.2 Å². The van der Waals surface area contributed by atoms with E-state index in [4.69, 9.17) is 34.8 Å². The van der Waals surface area contributed by atoms with E-state index in [0.29, 0.717) is 21.4 Å². The van der Waals surface area contributed by atoms with Crippen LogP contribution in [0.25, 0.3) is 16.9 Å². The molecule has 0 amide bonds. The third-order valence-corrected chi connectivity index (χ3v) is 5.50. The largest absolute Gasteiger partial charge is 0.254 e. The molecule has 2 aromatic heterocycles. The molecule has 0 fully saturated rings. The molecular formula is C17H8Cl3FN4S. The lowest BCUT2D eigenvalue weighted by atomic mass is 10.1. The quantitative estimate of drug-likeness (QED) is 0.375. The van der Waals surface area contributed by atoms with Gasteiger partial charge in [0, 0.05) is 15.5 Å². The highest BCUT2D eigenvalue weighted by Gasteiger charge is 2.23. The van der Waals surface area contributed by atoms with Crippen LogP contribution in [0.2, 0.25) is 15.2 Å². The maximum atomic E-state index is 14.6. The fraction of sp³-hybridized carbons (Fsp3) is 0. The monoisotopic (exact) mass is 424 g/mol. The molecule has 0 bridgehead atoms. The molecule has 0 aliphatic rings. The second kappa shape index (κ2) is 7.04. The van der Waals surface area contributed by atoms with Crippen molar-refractivity contribution in [3.63, 3.8) is 0 Å². The first-order valence-electron chi connectivity index (χ1n) is 7.31. The van der Waals surface area contributed by atoms with Gasteiger partial charge in [-0.15, -0.1) is 0 Å². The molecule has 0 aliphatic carbocycles. The van der Waals surface area contributed by atoms with E-state index in [0.717, 1.165) is 4.90 Å². The second-order valence-corrected chi connectivity index (χ2v) is 7.47. The summed E-state index contributed by atoms with van der Waals surface area (Å²) in [4.78, 5) is 9.14. The summed E-state index contributed by atoms with van der Waals surface area (Å²) in [6.45, 7) is 0. The lowest BCUT2D eigenvalue weighted by Crippen LogP contribution is -2.01. The number of nitrogens with zero attached hydrogens (tertiary/aromatic N) is 4. The number of hydrogen-bond acceptors (Lipinski definition) is 4. The summed E-state index contributed by atoms with van der Waals surface area (Å²) in [5.74, 6) is -0.193. The smallest absolute Gasteiger partial charge is 0.206 e. The molecule has 0 unspecified atom stereocenters. The van der Waals surface area contributed by atoms with Crippen LogP contribution in [-0.2, 0) is 0 Å². The highest BCUT2D eigenvalue weighted by atomic mass is 35.5. The van der Waals surface area contributed by atoms with Crippen LogP contribution in [0.1, 0.15) is 0 Å². The van der Waals surface area contributed by atoms with Crippen LogP contribution in [0, 0.1) is 5.82 Å². The van der Waals surface area contributed by atoms with E-state index in [1.807, 2.05) is 12.1 Å². The zero-order chi connectivity index (χ0) is 18.3. The maximum Gasteiger partial charge on any atom is 0.254 e. The third-order valence-electron chi connectivity index (χ3n) is 3.58. The van der Waals surface area contributed by atoms with Gasteiger partial charge in [0.05, 0.1) is 10.6 Å². The van der Waals surface area contributed by atoms with E-state index in [-0.39, 0.29) is 15.7 Å². The first kappa shape index (κ1) is 17.5. The fourth-order valence-corrected chi connectivity index (χ4v) is 4.16. The summed E-state index contributed by atoms with van der Waals surface area (Å²) in [6.07, 6.45) is 1.36. The van der Waals surface area contributed by atoms with Crippen molar-refractivity contribution in [3.8, 4) is 11.1 Å². The summed E-state index contributed by atoms with van der Waals surface area (Å²) in [5, 5.41) is 5.67. The zero-order valence-electron chi connectivity index (χ0n) is 12.8. The molecule has 4 rings (SSSR count). The van der Waals surface area contributed by atoms with Crippen molar-refractivity contribution in [1.29, 1.82) is 0 Å². The first-order chi connectivity index (χ1) is 12.5. The van der Waals surface area contributed by atoms with Crippen LogP contribution in [0.15, 0.2) is 58.7 Å². The van der Waals surface area contributed by atoms with Crippen molar-refractivity contribution in [2.75, 3.05) is 0 Å². The van der Waals surface area contributed by atoms with Gasteiger partial charge in [-0.2, -0.15) is 19.6 Å². The van der Waals surface area contributed by atoms with Crippen molar-refractivity contribution in [2.24, 2.45) is 0 Å². The summed E-state index contributed by atoms with van der Waals surface area (Å²) in [5.41, 5.74) is 0.522. The molecule has 0 saturated carbocycles. The minimum absolute atomic E-state index is 0.0916. The Kier molecular flexibility index (Phi) is 4.75. The average molecular weight is 426 g/mol. The van der Waals surface area contributed by atoms with E-state index >= 15 is 0 Å². The molecule has 26 heavy (non-hydrogen) atoms. The molecule has 0 spiro atoms. The Balaban J connectivity index is 2.00. The molecule has 0 saturated heterocycles. The SMILES string of the molecule is Fc1cccc(Cl)c1-c1c(Cl)nc2ncnn2c1Sc1ccc(Cl)cc1. The molecule has 0 aliphatic heterocycles. The number of halogens is 4. The molecule has 9 heteroatoms. The molecular weight excluding hydrogens is 418 g/mol. The van der Waals surface area contributed by atoms with Crippen LogP contribution in [0.3, 0.4) is 0 Å². The van der Waals surface area contributed by atoms with E-state index in [1.165, 1.54) is 34.7 Å². The van der Waals surface area contributed by atoms with Crippen molar-refractivity contribution in [1.82, 2.24) is 19.6 Å². The lowest BCUT2D eigenvalue weighted by molar-refractivity contribution is 0.630. The number of fused-ring (bicyclic) bond motifs is 1. The van der Waals surface area contributed by atoms with Gasteiger partial charge in [0.2, 0.25) is 0 Å². The normalized spacial score (nSPS) is 11.2. The van der Waals surface area contributed by atoms with Gasteiger partial charge in [0.15, 0.2) is 0 Å². The maximum absolute atomic E-state index is 14.6. The predicted molar refractivity (Wildman–Crippen MR) is 102 cm³/mol. The molecule has 130 valence electrons. The van der Waals surface area contributed by atoms with Gasteiger partial charge < -0.3 is 0 Å². The van der Waals surface area contributed by atoms with Crippen LogP contribution in [0.5, 0.6) is 0 Å². The van der Waals surface area contributed by atoms with Gasteiger partial charge in [-0.25, -0.2) is 4.39 Å². The van der Waals surface area contributed by atoms with Crippen LogP contribution in [-0.4, -0.2) is 19.6 Å². The Labute approximate surface area is 166 Å². The van der Waals surface area contributed by atoms with Crippen molar-refractivity contribution >= 4 is 52.3 Å². The fourth-order valence-electron chi connectivity index (χ4n) is 2.45. The van der Waals surface area contributed by atoms with E-state index in [9.17, 15) is 4.39 Å². The number of rotatable bonds is 3. The van der Waals surface area contributed by atoms with Gasteiger partial charge in [-0.05, 0) is 36.4 Å². The van der Waals surface area contributed by atoms with Crippen molar-refractivity contribution in [2.45, 2.75) is 9.92 Å². The van der Waals surface area contributed by atoms with Crippen LogP contribution >= 0.6 is 46.6 Å². The van der Waals surface area contributed by atoms with Gasteiger partial charge in [-0.3, -0.25) is 0 Å².